The van der Waals surface area contributed by atoms with E-state index < -0.39 is 0 Å². The van der Waals surface area contributed by atoms with Crippen molar-refractivity contribution in [3.8, 4) is 0 Å². The molecule has 0 saturated heterocycles. The number of nitrogens with two attached hydrogens (primary N) is 1. The lowest BCUT2D eigenvalue weighted by Gasteiger charge is -2.36. The second-order valence-corrected chi connectivity index (χ2v) is 6.38. The van der Waals surface area contributed by atoms with E-state index in [4.69, 9.17) is 5.73 Å². The lowest BCUT2D eigenvalue weighted by atomic mass is 9.98. The van der Waals surface area contributed by atoms with Crippen molar-refractivity contribution in [3.63, 3.8) is 0 Å². The van der Waals surface area contributed by atoms with Gasteiger partial charge in [0.15, 0.2) is 0 Å². The number of hydrogen-bond acceptors (Lipinski definition) is 2. The molecular formula is C15H32N2. The minimum absolute atomic E-state index is 0.226. The normalized spacial score (nSPS) is 15.9. The summed E-state index contributed by atoms with van der Waals surface area (Å²) in [7, 11) is 0. The molecule has 0 rings (SSSR count). The standard InChI is InChI=1S/C15H32N2/c1-7-11-17(15(4,5)6)12-13(2)9-8-10-14(3)16/h7,13-14H,1,8-12,16H2,2-6H3. The first-order chi connectivity index (χ1) is 7.77. The maximum Gasteiger partial charge on any atom is 0.0165 e. The Balaban J connectivity index is 4.04. The van der Waals surface area contributed by atoms with Crippen LogP contribution in [-0.4, -0.2) is 29.6 Å². The van der Waals surface area contributed by atoms with Gasteiger partial charge in [0.2, 0.25) is 0 Å². The highest BCUT2D eigenvalue weighted by atomic mass is 15.2. The molecular weight excluding hydrogens is 208 g/mol. The monoisotopic (exact) mass is 240 g/mol. The van der Waals surface area contributed by atoms with Crippen molar-refractivity contribution in [1.82, 2.24) is 4.90 Å². The largest absolute Gasteiger partial charge is 0.328 e. The predicted octanol–water partition coefficient (Wildman–Crippen LogP) is 3.43. The summed E-state index contributed by atoms with van der Waals surface area (Å²) in [5.74, 6) is 0.730. The molecule has 0 heterocycles. The van der Waals surface area contributed by atoms with E-state index in [2.05, 4.69) is 46.1 Å². The fourth-order valence-corrected chi connectivity index (χ4v) is 2.03. The summed E-state index contributed by atoms with van der Waals surface area (Å²) < 4.78 is 0. The molecule has 2 atom stereocenters. The number of hydrogen-bond donors (Lipinski definition) is 1. The van der Waals surface area contributed by atoms with Crippen LogP contribution in [0.2, 0.25) is 0 Å². The highest BCUT2D eigenvalue weighted by Crippen LogP contribution is 2.18. The van der Waals surface area contributed by atoms with Gasteiger partial charge in [-0.3, -0.25) is 4.90 Å². The van der Waals surface area contributed by atoms with Crippen molar-refractivity contribution < 1.29 is 0 Å². The maximum atomic E-state index is 5.77. The van der Waals surface area contributed by atoms with Gasteiger partial charge in [-0.15, -0.1) is 6.58 Å². The lowest BCUT2D eigenvalue weighted by Crippen LogP contribution is -2.43. The zero-order chi connectivity index (χ0) is 13.5. The summed E-state index contributed by atoms with van der Waals surface area (Å²) in [5.41, 5.74) is 6.00. The molecule has 0 aromatic heterocycles. The summed E-state index contributed by atoms with van der Waals surface area (Å²) in [6, 6.07) is 0.342. The molecule has 0 bridgehead atoms. The van der Waals surface area contributed by atoms with Crippen molar-refractivity contribution in [2.75, 3.05) is 13.1 Å². The van der Waals surface area contributed by atoms with Crippen LogP contribution in [0.1, 0.15) is 53.9 Å². The molecule has 0 aliphatic heterocycles. The van der Waals surface area contributed by atoms with E-state index in [0.717, 1.165) is 25.4 Å². The molecule has 0 amide bonds. The first-order valence-corrected chi connectivity index (χ1v) is 6.89. The van der Waals surface area contributed by atoms with Gasteiger partial charge in [-0.05, 0) is 46.5 Å². The van der Waals surface area contributed by atoms with E-state index in [9.17, 15) is 0 Å². The van der Waals surface area contributed by atoms with Gasteiger partial charge >= 0.3 is 0 Å². The quantitative estimate of drug-likeness (QED) is 0.659. The van der Waals surface area contributed by atoms with Crippen LogP contribution in [0.25, 0.3) is 0 Å². The van der Waals surface area contributed by atoms with E-state index >= 15 is 0 Å². The minimum atomic E-state index is 0.226. The van der Waals surface area contributed by atoms with Gasteiger partial charge in [-0.1, -0.05) is 19.4 Å². The lowest BCUT2D eigenvalue weighted by molar-refractivity contribution is 0.129. The van der Waals surface area contributed by atoms with Gasteiger partial charge < -0.3 is 5.73 Å². The fraction of sp³-hybridized carbons (Fsp3) is 0.867. The minimum Gasteiger partial charge on any atom is -0.328 e. The Hall–Kier alpha value is -0.340. The molecule has 0 radical (unpaired) electrons. The van der Waals surface area contributed by atoms with Crippen LogP contribution in [0.15, 0.2) is 12.7 Å². The average molecular weight is 240 g/mol. The topological polar surface area (TPSA) is 29.3 Å². The molecule has 0 aliphatic carbocycles. The Bertz CT molecular complexity index is 203. The average Bonchev–Trinajstić information content (AvgIpc) is 2.15. The first kappa shape index (κ1) is 16.7. The summed E-state index contributed by atoms with van der Waals surface area (Å²) in [4.78, 5) is 2.50. The number of rotatable bonds is 8. The Kier molecular flexibility index (Phi) is 7.73. The fourth-order valence-electron chi connectivity index (χ4n) is 2.03. The summed E-state index contributed by atoms with van der Waals surface area (Å²) in [5, 5.41) is 0. The van der Waals surface area contributed by atoms with E-state index in [1.54, 1.807) is 0 Å². The molecule has 2 unspecified atom stereocenters. The van der Waals surface area contributed by atoms with Crippen molar-refractivity contribution in [1.29, 1.82) is 0 Å². The van der Waals surface area contributed by atoms with Gasteiger partial charge in [0.05, 0.1) is 0 Å². The molecule has 0 aromatic rings. The summed E-state index contributed by atoms with van der Waals surface area (Å²) in [6.07, 6.45) is 5.65. The van der Waals surface area contributed by atoms with Crippen LogP contribution < -0.4 is 5.73 Å². The van der Waals surface area contributed by atoms with E-state index in [-0.39, 0.29) is 5.54 Å². The molecule has 0 saturated carbocycles. The third-order valence-corrected chi connectivity index (χ3v) is 3.19. The van der Waals surface area contributed by atoms with Crippen molar-refractivity contribution in [3.05, 3.63) is 12.7 Å². The first-order valence-electron chi connectivity index (χ1n) is 6.89. The van der Waals surface area contributed by atoms with Crippen molar-refractivity contribution in [2.24, 2.45) is 11.7 Å². The van der Waals surface area contributed by atoms with E-state index in [1.807, 2.05) is 6.08 Å². The van der Waals surface area contributed by atoms with Crippen LogP contribution in [0.5, 0.6) is 0 Å². The van der Waals surface area contributed by atoms with Crippen LogP contribution >= 0.6 is 0 Å². The molecule has 0 spiro atoms. The van der Waals surface area contributed by atoms with Gasteiger partial charge in [-0.2, -0.15) is 0 Å². The van der Waals surface area contributed by atoms with E-state index in [1.165, 1.54) is 12.8 Å². The molecule has 0 aromatic carbocycles. The van der Waals surface area contributed by atoms with Crippen LogP contribution in [0, 0.1) is 5.92 Å². The second kappa shape index (κ2) is 7.88. The Morgan fingerprint density at radius 1 is 1.24 bits per heavy atom. The maximum absolute atomic E-state index is 5.77. The van der Waals surface area contributed by atoms with Crippen LogP contribution in [0.3, 0.4) is 0 Å². The highest BCUT2D eigenvalue weighted by molar-refractivity contribution is 4.83. The third-order valence-electron chi connectivity index (χ3n) is 3.19. The summed E-state index contributed by atoms with van der Waals surface area (Å²) >= 11 is 0. The third kappa shape index (κ3) is 8.39. The molecule has 0 fully saturated rings. The molecule has 2 heteroatoms. The molecule has 17 heavy (non-hydrogen) atoms. The zero-order valence-corrected chi connectivity index (χ0v) is 12.5. The van der Waals surface area contributed by atoms with Gasteiger partial charge in [0, 0.05) is 24.7 Å². The Morgan fingerprint density at radius 3 is 2.24 bits per heavy atom. The van der Waals surface area contributed by atoms with Gasteiger partial charge in [-0.25, -0.2) is 0 Å². The highest BCUT2D eigenvalue weighted by Gasteiger charge is 2.21. The number of nitrogens with zero attached hydrogens (tertiary/aromatic N) is 1. The molecule has 2 nitrogen and oxygen atoms in total. The van der Waals surface area contributed by atoms with Gasteiger partial charge in [0.25, 0.3) is 0 Å². The second-order valence-electron chi connectivity index (χ2n) is 6.38. The smallest absolute Gasteiger partial charge is 0.0165 e. The van der Waals surface area contributed by atoms with E-state index in [0.29, 0.717) is 6.04 Å². The SMILES string of the molecule is C=CCN(CC(C)CCCC(C)N)C(C)(C)C. The van der Waals surface area contributed by atoms with Crippen LogP contribution in [-0.2, 0) is 0 Å². The van der Waals surface area contributed by atoms with Crippen molar-refractivity contribution in [2.45, 2.75) is 65.5 Å². The summed E-state index contributed by atoms with van der Waals surface area (Å²) in [6.45, 7) is 17.2. The Labute approximate surface area is 108 Å². The van der Waals surface area contributed by atoms with Gasteiger partial charge in [0.1, 0.15) is 0 Å². The van der Waals surface area contributed by atoms with Crippen molar-refractivity contribution >= 4 is 0 Å². The molecule has 2 N–H and O–H groups in total. The zero-order valence-electron chi connectivity index (χ0n) is 12.5. The predicted molar refractivity (Wildman–Crippen MR) is 78.2 cm³/mol. The molecule has 102 valence electrons. The van der Waals surface area contributed by atoms with Crippen LogP contribution in [0.4, 0.5) is 0 Å². The Morgan fingerprint density at radius 2 is 1.82 bits per heavy atom. The molecule has 0 aliphatic rings.